The van der Waals surface area contributed by atoms with Crippen LogP contribution in [0, 0.1) is 5.92 Å². The Morgan fingerprint density at radius 3 is 2.62 bits per heavy atom. The first-order chi connectivity index (χ1) is 6.16. The summed E-state index contributed by atoms with van der Waals surface area (Å²) in [5.41, 5.74) is 0. The van der Waals surface area contributed by atoms with Crippen molar-refractivity contribution in [1.82, 2.24) is 0 Å². The lowest BCUT2D eigenvalue weighted by Crippen LogP contribution is -2.28. The van der Waals surface area contributed by atoms with Crippen LogP contribution in [0.2, 0.25) is 0 Å². The van der Waals surface area contributed by atoms with Crippen molar-refractivity contribution in [3.8, 4) is 0 Å². The predicted octanol–water partition coefficient (Wildman–Crippen LogP) is 2.13. The summed E-state index contributed by atoms with van der Waals surface area (Å²) in [6.45, 7) is 3.88. The molecule has 13 heavy (non-hydrogen) atoms. The number of carbonyl (C=O) groups excluding carboxylic acids is 1. The van der Waals surface area contributed by atoms with E-state index in [4.69, 9.17) is 9.15 Å². The van der Waals surface area contributed by atoms with E-state index in [1.807, 2.05) is 13.8 Å². The molecule has 1 heterocycles. The van der Waals surface area contributed by atoms with E-state index in [-0.39, 0.29) is 11.7 Å². The minimum atomic E-state index is -0.411. The first-order valence-electron chi connectivity index (χ1n) is 4.27. The molecule has 1 atom stereocenters. The van der Waals surface area contributed by atoms with Gasteiger partial charge in [-0.25, -0.2) is 0 Å². The molecule has 0 aliphatic carbocycles. The highest BCUT2D eigenvalue weighted by molar-refractivity contribution is 5.97. The summed E-state index contributed by atoms with van der Waals surface area (Å²) in [5, 5.41) is 0. The second-order valence-electron chi connectivity index (χ2n) is 3.24. The van der Waals surface area contributed by atoms with E-state index in [1.54, 1.807) is 12.1 Å². The van der Waals surface area contributed by atoms with Crippen molar-refractivity contribution < 1.29 is 13.9 Å². The molecule has 0 fully saturated rings. The van der Waals surface area contributed by atoms with Gasteiger partial charge in [-0.2, -0.15) is 0 Å². The van der Waals surface area contributed by atoms with Crippen molar-refractivity contribution in [2.45, 2.75) is 20.0 Å². The zero-order valence-corrected chi connectivity index (χ0v) is 8.11. The standard InChI is InChI=1S/C10H14O3/c1-7(2)10(12-3)9(11)8-5-4-6-13-8/h4-7,10H,1-3H3. The van der Waals surface area contributed by atoms with Crippen molar-refractivity contribution in [3.63, 3.8) is 0 Å². The molecule has 1 aromatic heterocycles. The molecule has 1 rings (SSSR count). The molecule has 0 aliphatic rings. The lowest BCUT2D eigenvalue weighted by Gasteiger charge is -2.15. The van der Waals surface area contributed by atoms with Gasteiger partial charge in [0.05, 0.1) is 6.26 Å². The number of carbonyl (C=O) groups is 1. The summed E-state index contributed by atoms with van der Waals surface area (Å²) in [5.74, 6) is 0.422. The van der Waals surface area contributed by atoms with E-state index in [0.29, 0.717) is 5.76 Å². The van der Waals surface area contributed by atoms with Crippen LogP contribution in [0.3, 0.4) is 0 Å². The van der Waals surface area contributed by atoms with E-state index >= 15 is 0 Å². The molecule has 1 unspecified atom stereocenters. The van der Waals surface area contributed by atoms with Crippen LogP contribution in [0.1, 0.15) is 24.4 Å². The maximum absolute atomic E-state index is 11.7. The van der Waals surface area contributed by atoms with Crippen LogP contribution in [0.4, 0.5) is 0 Å². The zero-order valence-electron chi connectivity index (χ0n) is 8.11. The Labute approximate surface area is 77.7 Å². The average Bonchev–Trinajstić information content (AvgIpc) is 2.56. The van der Waals surface area contributed by atoms with Crippen LogP contribution in [0.25, 0.3) is 0 Å². The number of furan rings is 1. The molecule has 0 amide bonds. The van der Waals surface area contributed by atoms with Crippen molar-refractivity contribution in [3.05, 3.63) is 24.2 Å². The smallest absolute Gasteiger partial charge is 0.226 e. The molecule has 0 aromatic carbocycles. The Morgan fingerprint density at radius 1 is 1.54 bits per heavy atom. The minimum absolute atomic E-state index is 0.0949. The third kappa shape index (κ3) is 2.18. The summed E-state index contributed by atoms with van der Waals surface area (Å²) in [4.78, 5) is 11.7. The molecule has 0 bridgehead atoms. The Bertz CT molecular complexity index is 262. The number of methoxy groups -OCH3 is 1. The van der Waals surface area contributed by atoms with Gasteiger partial charge in [0.2, 0.25) is 5.78 Å². The molecular weight excluding hydrogens is 168 g/mol. The van der Waals surface area contributed by atoms with Crippen LogP contribution in [-0.2, 0) is 4.74 Å². The van der Waals surface area contributed by atoms with Gasteiger partial charge in [0.1, 0.15) is 6.10 Å². The Hall–Kier alpha value is -1.09. The van der Waals surface area contributed by atoms with Gasteiger partial charge in [0, 0.05) is 7.11 Å². The summed E-state index contributed by atoms with van der Waals surface area (Å²) < 4.78 is 10.1. The van der Waals surface area contributed by atoms with Crippen molar-refractivity contribution >= 4 is 5.78 Å². The number of Topliss-reactive ketones (excluding diaryl/α,β-unsaturated/α-hetero) is 1. The number of hydrogen-bond donors (Lipinski definition) is 0. The molecule has 0 spiro atoms. The van der Waals surface area contributed by atoms with Crippen molar-refractivity contribution in [2.75, 3.05) is 7.11 Å². The summed E-state index contributed by atoms with van der Waals surface area (Å²) in [7, 11) is 1.53. The quantitative estimate of drug-likeness (QED) is 0.669. The number of ketones is 1. The van der Waals surface area contributed by atoms with E-state index in [1.165, 1.54) is 13.4 Å². The minimum Gasteiger partial charge on any atom is -0.461 e. The largest absolute Gasteiger partial charge is 0.461 e. The van der Waals surface area contributed by atoms with E-state index in [2.05, 4.69) is 0 Å². The molecule has 72 valence electrons. The summed E-state index contributed by atoms with van der Waals surface area (Å²) in [6.07, 6.45) is 1.08. The molecule has 3 nitrogen and oxygen atoms in total. The SMILES string of the molecule is COC(C(=O)c1ccco1)C(C)C. The van der Waals surface area contributed by atoms with Crippen LogP contribution >= 0.6 is 0 Å². The normalized spacial score (nSPS) is 13.2. The molecule has 0 N–H and O–H groups in total. The zero-order chi connectivity index (χ0) is 9.84. The maximum atomic E-state index is 11.7. The third-order valence-corrected chi connectivity index (χ3v) is 1.88. The van der Waals surface area contributed by atoms with Gasteiger partial charge in [0.15, 0.2) is 5.76 Å². The van der Waals surface area contributed by atoms with Crippen LogP contribution in [0.15, 0.2) is 22.8 Å². The van der Waals surface area contributed by atoms with Gasteiger partial charge in [-0.1, -0.05) is 13.8 Å². The lowest BCUT2D eigenvalue weighted by atomic mass is 10.0. The summed E-state index contributed by atoms with van der Waals surface area (Å²) >= 11 is 0. The van der Waals surface area contributed by atoms with Crippen LogP contribution in [-0.4, -0.2) is 19.0 Å². The fourth-order valence-corrected chi connectivity index (χ4v) is 1.24. The first kappa shape index (κ1) is 9.99. The highest BCUT2D eigenvalue weighted by Gasteiger charge is 2.24. The molecule has 3 heteroatoms. The van der Waals surface area contributed by atoms with Crippen LogP contribution in [0.5, 0.6) is 0 Å². The van der Waals surface area contributed by atoms with Gasteiger partial charge in [-0.15, -0.1) is 0 Å². The lowest BCUT2D eigenvalue weighted by molar-refractivity contribution is 0.0433. The van der Waals surface area contributed by atoms with Gasteiger partial charge >= 0.3 is 0 Å². The molecular formula is C10H14O3. The van der Waals surface area contributed by atoms with E-state index < -0.39 is 6.10 Å². The number of hydrogen-bond acceptors (Lipinski definition) is 3. The average molecular weight is 182 g/mol. The highest BCUT2D eigenvalue weighted by Crippen LogP contribution is 2.13. The monoisotopic (exact) mass is 182 g/mol. The van der Waals surface area contributed by atoms with Gasteiger partial charge in [-0.3, -0.25) is 4.79 Å². The van der Waals surface area contributed by atoms with Gasteiger partial charge < -0.3 is 9.15 Å². The summed E-state index contributed by atoms with van der Waals surface area (Å²) in [6, 6.07) is 3.34. The maximum Gasteiger partial charge on any atom is 0.226 e. The second-order valence-corrected chi connectivity index (χ2v) is 3.24. The predicted molar refractivity (Wildman–Crippen MR) is 48.7 cm³/mol. The molecule has 1 aromatic rings. The molecule has 0 radical (unpaired) electrons. The van der Waals surface area contributed by atoms with Crippen LogP contribution < -0.4 is 0 Å². The third-order valence-electron chi connectivity index (χ3n) is 1.88. The van der Waals surface area contributed by atoms with Crippen molar-refractivity contribution in [2.24, 2.45) is 5.92 Å². The first-order valence-corrected chi connectivity index (χ1v) is 4.27. The Morgan fingerprint density at radius 2 is 2.23 bits per heavy atom. The van der Waals surface area contributed by atoms with Crippen molar-refractivity contribution in [1.29, 1.82) is 0 Å². The Kier molecular flexibility index (Phi) is 3.25. The Balaban J connectivity index is 2.77. The van der Waals surface area contributed by atoms with E-state index in [9.17, 15) is 4.79 Å². The second kappa shape index (κ2) is 4.23. The number of rotatable bonds is 4. The fraction of sp³-hybridized carbons (Fsp3) is 0.500. The van der Waals surface area contributed by atoms with E-state index in [0.717, 1.165) is 0 Å². The topological polar surface area (TPSA) is 39.4 Å². The van der Waals surface area contributed by atoms with Gasteiger partial charge in [-0.05, 0) is 18.1 Å². The number of ether oxygens (including phenoxy) is 1. The van der Waals surface area contributed by atoms with Gasteiger partial charge in [0.25, 0.3) is 0 Å². The fourth-order valence-electron chi connectivity index (χ4n) is 1.24. The highest BCUT2D eigenvalue weighted by atomic mass is 16.5. The molecule has 0 saturated heterocycles. The molecule has 0 saturated carbocycles. The molecule has 0 aliphatic heterocycles.